The smallest absolute Gasteiger partial charge is 0.135 e. The maximum absolute atomic E-state index is 11.2. The molecule has 3 rings (SSSR count). The van der Waals surface area contributed by atoms with E-state index in [2.05, 4.69) is 49.2 Å². The molecule has 0 spiro atoms. The average Bonchev–Trinajstić information content (AvgIpc) is 3.44. The van der Waals surface area contributed by atoms with Crippen molar-refractivity contribution in [3.63, 3.8) is 0 Å². The van der Waals surface area contributed by atoms with E-state index in [1.165, 1.54) is 24.0 Å². The molecule has 0 atom stereocenters. The van der Waals surface area contributed by atoms with E-state index in [-0.39, 0.29) is 0 Å². The molecule has 1 heterocycles. The molecule has 0 aliphatic heterocycles. The van der Waals surface area contributed by atoms with Crippen LogP contribution in [-0.4, -0.2) is 16.0 Å². The molecule has 1 saturated carbocycles. The fourth-order valence-electron chi connectivity index (χ4n) is 3.65. The third-order valence-corrected chi connectivity index (χ3v) is 5.57. The van der Waals surface area contributed by atoms with E-state index in [0.29, 0.717) is 24.6 Å². The van der Waals surface area contributed by atoms with Gasteiger partial charge in [-0.2, -0.15) is 0 Å². The van der Waals surface area contributed by atoms with Gasteiger partial charge in [0.1, 0.15) is 17.1 Å². The number of furan rings is 1. The van der Waals surface area contributed by atoms with Gasteiger partial charge in [0, 0.05) is 12.6 Å². The lowest BCUT2D eigenvalue weighted by molar-refractivity contribution is -0.00219. The topological polar surface area (TPSA) is 36.6 Å². The van der Waals surface area contributed by atoms with Crippen LogP contribution in [0.3, 0.4) is 0 Å². The van der Waals surface area contributed by atoms with Gasteiger partial charge < -0.3 is 9.52 Å². The van der Waals surface area contributed by atoms with Gasteiger partial charge in [-0.05, 0) is 63.1 Å². The second-order valence-electron chi connectivity index (χ2n) is 8.07. The predicted molar refractivity (Wildman–Crippen MR) is 115 cm³/mol. The lowest BCUT2D eigenvalue weighted by atomic mass is 9.89. The second-order valence-corrected chi connectivity index (χ2v) is 8.07. The van der Waals surface area contributed by atoms with Crippen molar-refractivity contribution in [1.82, 2.24) is 4.90 Å². The van der Waals surface area contributed by atoms with E-state index in [1.54, 1.807) is 0 Å². The Morgan fingerprint density at radius 3 is 2.25 bits per heavy atom. The Morgan fingerprint density at radius 2 is 1.68 bits per heavy atom. The summed E-state index contributed by atoms with van der Waals surface area (Å²) in [7, 11) is 0. The quantitative estimate of drug-likeness (QED) is 0.468. The van der Waals surface area contributed by atoms with Gasteiger partial charge in [-0.15, -0.1) is 13.2 Å². The highest BCUT2D eigenvalue weighted by atomic mass is 16.4. The van der Waals surface area contributed by atoms with E-state index in [0.717, 1.165) is 31.7 Å². The number of aryl methyl sites for hydroxylation is 1. The van der Waals surface area contributed by atoms with Crippen LogP contribution >= 0.6 is 0 Å². The summed E-state index contributed by atoms with van der Waals surface area (Å²) in [5, 5.41) is 11.2. The number of nitrogens with zero attached hydrogens (tertiary/aromatic N) is 1. The van der Waals surface area contributed by atoms with Crippen molar-refractivity contribution in [2.24, 2.45) is 0 Å². The van der Waals surface area contributed by atoms with Crippen molar-refractivity contribution in [3.8, 4) is 0 Å². The minimum absolute atomic E-state index is 0.618. The lowest BCUT2D eigenvalue weighted by Crippen LogP contribution is -2.26. The first-order valence-electron chi connectivity index (χ1n) is 10.4. The summed E-state index contributed by atoms with van der Waals surface area (Å²) in [4.78, 5) is 2.49. The molecule has 3 nitrogen and oxygen atoms in total. The summed E-state index contributed by atoms with van der Waals surface area (Å²) >= 11 is 0. The third kappa shape index (κ3) is 5.46. The molecule has 0 radical (unpaired) electrons. The Balaban J connectivity index is 1.70. The van der Waals surface area contributed by atoms with Gasteiger partial charge in [0.25, 0.3) is 0 Å². The monoisotopic (exact) mass is 379 g/mol. The molecule has 3 heteroatoms. The highest BCUT2D eigenvalue weighted by Gasteiger charge is 2.33. The minimum Gasteiger partial charge on any atom is -0.462 e. The Hall–Kier alpha value is -2.10. The van der Waals surface area contributed by atoms with Gasteiger partial charge in [-0.1, -0.05) is 42.0 Å². The third-order valence-electron chi connectivity index (χ3n) is 5.57. The zero-order chi connectivity index (χ0) is 20.0. The summed E-state index contributed by atoms with van der Waals surface area (Å²) in [5.74, 6) is 1.59. The van der Waals surface area contributed by atoms with Gasteiger partial charge >= 0.3 is 0 Å². The molecule has 1 fully saturated rings. The van der Waals surface area contributed by atoms with Gasteiger partial charge in [0.2, 0.25) is 0 Å². The molecule has 0 bridgehead atoms. The van der Waals surface area contributed by atoms with Gasteiger partial charge in [-0.3, -0.25) is 4.90 Å². The van der Waals surface area contributed by atoms with Crippen molar-refractivity contribution < 1.29 is 9.52 Å². The number of benzene rings is 1. The largest absolute Gasteiger partial charge is 0.462 e. The molecule has 0 amide bonds. The molecule has 28 heavy (non-hydrogen) atoms. The Bertz CT molecular complexity index is 758. The molecule has 1 aromatic heterocycles. The molecule has 150 valence electrons. The van der Waals surface area contributed by atoms with Crippen molar-refractivity contribution in [2.45, 2.75) is 70.2 Å². The summed E-state index contributed by atoms with van der Waals surface area (Å²) in [6.45, 7) is 11.4. The van der Waals surface area contributed by atoms with Crippen LogP contribution in [0.5, 0.6) is 0 Å². The standard InChI is InChI=1S/C25H33NO2/c1-4-6-16-25(27,17-7-5-2)24-15-14-23(28-24)19-26(22-12-13-22)18-21-10-8-20(3)9-11-21/h4-5,8-11,14-15,22,27H,1-2,6-7,12-13,16-19H2,3H3. The first kappa shape index (κ1) is 20.6. The van der Waals surface area contributed by atoms with Crippen LogP contribution in [-0.2, 0) is 18.7 Å². The number of aliphatic hydroxyl groups is 1. The number of allylic oxidation sites excluding steroid dienone is 2. The van der Waals surface area contributed by atoms with Crippen LogP contribution in [0.25, 0.3) is 0 Å². The zero-order valence-corrected chi connectivity index (χ0v) is 17.1. The van der Waals surface area contributed by atoms with E-state index in [9.17, 15) is 5.11 Å². The minimum atomic E-state index is -0.956. The van der Waals surface area contributed by atoms with Gasteiger partial charge in [0.05, 0.1) is 6.54 Å². The Labute approximate surface area is 169 Å². The van der Waals surface area contributed by atoms with Crippen molar-refractivity contribution >= 4 is 0 Å². The summed E-state index contributed by atoms with van der Waals surface area (Å²) in [6.07, 6.45) is 8.94. The molecular weight excluding hydrogens is 346 g/mol. The molecule has 2 aromatic rings. The Kier molecular flexibility index (Phi) is 6.93. The average molecular weight is 380 g/mol. The van der Waals surface area contributed by atoms with Crippen molar-refractivity contribution in [1.29, 1.82) is 0 Å². The van der Waals surface area contributed by atoms with Crippen LogP contribution in [0.15, 0.2) is 66.1 Å². The van der Waals surface area contributed by atoms with Crippen LogP contribution < -0.4 is 0 Å². The van der Waals surface area contributed by atoms with Gasteiger partial charge in [-0.25, -0.2) is 0 Å². The molecule has 1 aliphatic carbocycles. The zero-order valence-electron chi connectivity index (χ0n) is 17.1. The number of hydrogen-bond donors (Lipinski definition) is 1. The van der Waals surface area contributed by atoms with E-state index >= 15 is 0 Å². The van der Waals surface area contributed by atoms with Crippen molar-refractivity contribution in [3.05, 3.63) is 84.4 Å². The fraction of sp³-hybridized carbons (Fsp3) is 0.440. The lowest BCUT2D eigenvalue weighted by Gasteiger charge is -2.25. The SMILES string of the molecule is C=CCCC(O)(CCC=C)c1ccc(CN(Cc2ccc(C)cc2)C2CC2)o1. The summed E-state index contributed by atoms with van der Waals surface area (Å²) in [6, 6.07) is 13.4. The van der Waals surface area contributed by atoms with E-state index in [4.69, 9.17) is 4.42 Å². The van der Waals surface area contributed by atoms with Gasteiger partial charge in [0.15, 0.2) is 0 Å². The second kappa shape index (κ2) is 9.40. The van der Waals surface area contributed by atoms with E-state index in [1.807, 2.05) is 24.3 Å². The van der Waals surface area contributed by atoms with Crippen LogP contribution in [0.4, 0.5) is 0 Å². The van der Waals surface area contributed by atoms with Crippen LogP contribution in [0, 0.1) is 6.92 Å². The number of rotatable bonds is 12. The molecular formula is C25H33NO2. The van der Waals surface area contributed by atoms with E-state index < -0.39 is 5.60 Å². The maximum atomic E-state index is 11.2. The highest BCUT2D eigenvalue weighted by Crippen LogP contribution is 2.35. The van der Waals surface area contributed by atoms with Crippen molar-refractivity contribution in [2.75, 3.05) is 0 Å². The first-order chi connectivity index (χ1) is 13.5. The summed E-state index contributed by atoms with van der Waals surface area (Å²) < 4.78 is 6.15. The molecule has 0 saturated heterocycles. The highest BCUT2D eigenvalue weighted by molar-refractivity contribution is 5.22. The van der Waals surface area contributed by atoms with Crippen LogP contribution in [0.2, 0.25) is 0 Å². The summed E-state index contributed by atoms with van der Waals surface area (Å²) in [5.41, 5.74) is 1.66. The molecule has 1 aliphatic rings. The predicted octanol–water partition coefficient (Wildman–Crippen LogP) is 5.87. The first-order valence-corrected chi connectivity index (χ1v) is 10.4. The normalized spacial score (nSPS) is 14.4. The van der Waals surface area contributed by atoms with Crippen LogP contribution in [0.1, 0.15) is 61.2 Å². The fourth-order valence-corrected chi connectivity index (χ4v) is 3.65. The molecule has 1 aromatic carbocycles. The maximum Gasteiger partial charge on any atom is 0.135 e. The molecule has 0 unspecified atom stereocenters. The Morgan fingerprint density at radius 1 is 1.04 bits per heavy atom. The number of hydrogen-bond acceptors (Lipinski definition) is 3. The molecule has 1 N–H and O–H groups in total.